The van der Waals surface area contributed by atoms with Gasteiger partial charge in [-0.2, -0.15) is 0 Å². The molecule has 4 heteroatoms. The molecule has 0 N–H and O–H groups in total. The van der Waals surface area contributed by atoms with Crippen molar-refractivity contribution in [2.45, 2.75) is 25.8 Å². The van der Waals surface area contributed by atoms with E-state index in [9.17, 15) is 4.39 Å². The Hall–Kier alpha value is -0.870. The first-order valence-electron chi connectivity index (χ1n) is 6.23. The summed E-state index contributed by atoms with van der Waals surface area (Å²) in [5.41, 5.74) is 4.21. The number of rotatable bonds is 4. The van der Waals surface area contributed by atoms with Crippen molar-refractivity contribution in [3.63, 3.8) is 0 Å². The smallest absolute Gasteiger partial charge is 0.125 e. The fourth-order valence-corrected chi connectivity index (χ4v) is 3.03. The summed E-state index contributed by atoms with van der Waals surface area (Å²) < 4.78 is 19.9. The van der Waals surface area contributed by atoms with Gasteiger partial charge in [-0.15, -0.1) is 0 Å². The molecule has 0 spiro atoms. The van der Waals surface area contributed by atoms with Gasteiger partial charge < -0.3 is 4.74 Å². The number of benzene rings is 2. The first-order valence-corrected chi connectivity index (χ1v) is 8.15. The zero-order valence-corrected chi connectivity index (χ0v) is 14.5. The highest BCUT2D eigenvalue weighted by atomic mass is 79.9. The summed E-state index contributed by atoms with van der Waals surface area (Å²) in [7, 11) is 0. The van der Waals surface area contributed by atoms with E-state index in [0.29, 0.717) is 6.61 Å². The number of ether oxygens (including phenoxy) is 1. The van der Waals surface area contributed by atoms with Crippen LogP contribution in [-0.2, 0) is 11.9 Å². The van der Waals surface area contributed by atoms with Gasteiger partial charge in [0.2, 0.25) is 0 Å². The molecule has 2 rings (SSSR count). The highest BCUT2D eigenvalue weighted by Crippen LogP contribution is 2.27. The predicted octanol–water partition coefficient (Wildman–Crippen LogP) is 5.68. The Labute approximate surface area is 135 Å². The molecule has 0 saturated heterocycles. The summed E-state index contributed by atoms with van der Waals surface area (Å²) in [4.78, 5) is 0. The lowest BCUT2D eigenvalue weighted by Gasteiger charge is -2.14. The molecule has 0 saturated carbocycles. The molecule has 106 valence electrons. The lowest BCUT2D eigenvalue weighted by Crippen LogP contribution is -2.00. The maximum Gasteiger partial charge on any atom is 0.125 e. The van der Waals surface area contributed by atoms with Crippen molar-refractivity contribution in [2.24, 2.45) is 0 Å². The zero-order chi connectivity index (χ0) is 14.7. The van der Waals surface area contributed by atoms with E-state index >= 15 is 0 Å². The van der Waals surface area contributed by atoms with Crippen LogP contribution in [0.3, 0.4) is 0 Å². The Morgan fingerprint density at radius 1 is 1.00 bits per heavy atom. The third-order valence-corrected chi connectivity index (χ3v) is 4.09. The quantitative estimate of drug-likeness (QED) is 0.599. The number of hydrogen-bond acceptors (Lipinski definition) is 1. The fourth-order valence-electron chi connectivity index (χ4n) is 2.19. The van der Waals surface area contributed by atoms with E-state index in [4.69, 9.17) is 4.74 Å². The standard InChI is InChI=1S/C16H15Br2FO/c1-10-3-12(8-17)4-11(2)16(10)20-9-13-5-14(18)7-15(19)6-13/h3-7H,8-9H2,1-2H3. The average Bonchev–Trinajstić information content (AvgIpc) is 2.36. The van der Waals surface area contributed by atoms with Crippen molar-refractivity contribution < 1.29 is 9.13 Å². The summed E-state index contributed by atoms with van der Waals surface area (Å²) in [5.74, 6) is 0.608. The van der Waals surface area contributed by atoms with Gasteiger partial charge in [-0.05, 0) is 54.3 Å². The van der Waals surface area contributed by atoms with Gasteiger partial charge in [0.25, 0.3) is 0 Å². The molecule has 20 heavy (non-hydrogen) atoms. The van der Waals surface area contributed by atoms with Gasteiger partial charge in [-0.3, -0.25) is 0 Å². The minimum absolute atomic E-state index is 0.263. The van der Waals surface area contributed by atoms with Crippen LogP contribution in [0.2, 0.25) is 0 Å². The molecule has 0 atom stereocenters. The third-order valence-electron chi connectivity index (χ3n) is 2.98. The van der Waals surface area contributed by atoms with Gasteiger partial charge >= 0.3 is 0 Å². The van der Waals surface area contributed by atoms with Crippen LogP contribution in [0.4, 0.5) is 4.39 Å². The van der Waals surface area contributed by atoms with Gasteiger partial charge in [-0.25, -0.2) is 4.39 Å². The fraction of sp³-hybridized carbons (Fsp3) is 0.250. The summed E-state index contributed by atoms with van der Waals surface area (Å²) in [6.07, 6.45) is 0. The molecule has 0 bridgehead atoms. The highest BCUT2D eigenvalue weighted by molar-refractivity contribution is 9.10. The summed E-state index contributed by atoms with van der Waals surface area (Å²) >= 11 is 6.74. The maximum atomic E-state index is 13.3. The molecule has 0 aliphatic heterocycles. The van der Waals surface area contributed by atoms with Crippen molar-refractivity contribution in [1.82, 2.24) is 0 Å². The molecule has 0 radical (unpaired) electrons. The van der Waals surface area contributed by atoms with Crippen LogP contribution < -0.4 is 4.74 Å². The van der Waals surface area contributed by atoms with Crippen LogP contribution in [-0.4, -0.2) is 0 Å². The first-order chi connectivity index (χ1) is 9.49. The Kier molecular flexibility index (Phi) is 5.22. The van der Waals surface area contributed by atoms with Gasteiger partial charge in [0, 0.05) is 9.80 Å². The van der Waals surface area contributed by atoms with Crippen LogP contribution in [0, 0.1) is 19.7 Å². The average molecular weight is 402 g/mol. The van der Waals surface area contributed by atoms with E-state index < -0.39 is 0 Å². The molecule has 1 nitrogen and oxygen atoms in total. The number of halogens is 3. The zero-order valence-electron chi connectivity index (χ0n) is 11.3. The monoisotopic (exact) mass is 400 g/mol. The summed E-state index contributed by atoms with van der Waals surface area (Å²) in [5, 5.41) is 0.825. The molecule has 0 fully saturated rings. The highest BCUT2D eigenvalue weighted by Gasteiger charge is 2.07. The number of alkyl halides is 1. The first kappa shape index (κ1) is 15.5. The van der Waals surface area contributed by atoms with E-state index in [2.05, 4.69) is 44.0 Å². The Morgan fingerprint density at radius 3 is 2.20 bits per heavy atom. The van der Waals surface area contributed by atoms with Gasteiger partial charge in [0.15, 0.2) is 0 Å². The van der Waals surface area contributed by atoms with Crippen molar-refractivity contribution in [3.8, 4) is 5.75 Å². The van der Waals surface area contributed by atoms with E-state index in [1.54, 1.807) is 0 Å². The normalized spacial score (nSPS) is 10.7. The Morgan fingerprint density at radius 2 is 1.65 bits per heavy atom. The van der Waals surface area contributed by atoms with Gasteiger partial charge in [-0.1, -0.05) is 44.0 Å². The topological polar surface area (TPSA) is 9.23 Å². The van der Waals surface area contributed by atoms with Crippen LogP contribution in [0.1, 0.15) is 22.3 Å². The lowest BCUT2D eigenvalue weighted by molar-refractivity contribution is 0.301. The minimum atomic E-state index is -0.263. The second-order valence-electron chi connectivity index (χ2n) is 4.76. The van der Waals surface area contributed by atoms with E-state index in [-0.39, 0.29) is 5.82 Å². The van der Waals surface area contributed by atoms with Crippen LogP contribution in [0.25, 0.3) is 0 Å². The lowest BCUT2D eigenvalue weighted by atomic mass is 10.1. The van der Waals surface area contributed by atoms with Crippen molar-refractivity contribution in [3.05, 3.63) is 62.9 Å². The summed E-state index contributed by atoms with van der Waals surface area (Å²) in [6, 6.07) is 8.98. The summed E-state index contributed by atoms with van der Waals surface area (Å²) in [6.45, 7) is 4.40. The molecule has 0 amide bonds. The largest absolute Gasteiger partial charge is 0.488 e. The van der Waals surface area contributed by atoms with Crippen LogP contribution in [0.5, 0.6) is 5.75 Å². The van der Waals surface area contributed by atoms with Gasteiger partial charge in [0.1, 0.15) is 18.2 Å². The van der Waals surface area contributed by atoms with Crippen molar-refractivity contribution >= 4 is 31.9 Å². The van der Waals surface area contributed by atoms with E-state index in [1.165, 1.54) is 17.7 Å². The second-order valence-corrected chi connectivity index (χ2v) is 6.24. The van der Waals surface area contributed by atoms with Crippen molar-refractivity contribution in [1.29, 1.82) is 0 Å². The molecule has 0 heterocycles. The Balaban J connectivity index is 2.18. The van der Waals surface area contributed by atoms with E-state index in [0.717, 1.165) is 32.2 Å². The molecule has 2 aromatic carbocycles. The SMILES string of the molecule is Cc1cc(CBr)cc(C)c1OCc1cc(F)cc(Br)c1. The third kappa shape index (κ3) is 3.83. The molecular weight excluding hydrogens is 387 g/mol. The molecule has 0 unspecified atom stereocenters. The Bertz CT molecular complexity index is 583. The maximum absolute atomic E-state index is 13.3. The molecule has 2 aromatic rings. The minimum Gasteiger partial charge on any atom is -0.488 e. The predicted molar refractivity (Wildman–Crippen MR) is 87.0 cm³/mol. The van der Waals surface area contributed by atoms with E-state index in [1.807, 2.05) is 19.9 Å². The molecule has 0 aliphatic rings. The van der Waals surface area contributed by atoms with Crippen LogP contribution >= 0.6 is 31.9 Å². The number of aryl methyl sites for hydroxylation is 2. The van der Waals surface area contributed by atoms with Gasteiger partial charge in [0.05, 0.1) is 0 Å². The molecule has 0 aliphatic carbocycles. The molecular formula is C16H15Br2FO. The van der Waals surface area contributed by atoms with Crippen LogP contribution in [0.15, 0.2) is 34.8 Å². The molecule has 0 aromatic heterocycles. The van der Waals surface area contributed by atoms with Crippen molar-refractivity contribution in [2.75, 3.05) is 0 Å². The second kappa shape index (κ2) is 6.72. The number of hydrogen-bond donors (Lipinski definition) is 0.